The summed E-state index contributed by atoms with van der Waals surface area (Å²) in [6, 6.07) is 16.8. The Kier molecular flexibility index (Phi) is 6.04. The van der Waals surface area contributed by atoms with Crippen molar-refractivity contribution in [2.45, 2.75) is 37.6 Å². The SMILES string of the molecule is CN(CCNC(=O)C1(c2cccc(F)c2)CCCC1)Cc1ccccc1. The quantitative estimate of drug-likeness (QED) is 0.818. The van der Waals surface area contributed by atoms with Gasteiger partial charge in [0.25, 0.3) is 0 Å². The van der Waals surface area contributed by atoms with E-state index in [0.717, 1.165) is 44.3 Å². The van der Waals surface area contributed by atoms with Crippen LogP contribution in [-0.4, -0.2) is 30.9 Å². The van der Waals surface area contributed by atoms with Crippen molar-refractivity contribution in [3.05, 3.63) is 71.5 Å². The average molecular weight is 354 g/mol. The van der Waals surface area contributed by atoms with Gasteiger partial charge in [-0.25, -0.2) is 4.39 Å². The molecular weight excluding hydrogens is 327 g/mol. The van der Waals surface area contributed by atoms with Crippen LogP contribution in [-0.2, 0) is 16.8 Å². The number of hydrogen-bond donors (Lipinski definition) is 1. The number of halogens is 1. The smallest absolute Gasteiger partial charge is 0.230 e. The van der Waals surface area contributed by atoms with Crippen molar-refractivity contribution in [1.82, 2.24) is 10.2 Å². The first-order valence-electron chi connectivity index (χ1n) is 9.37. The van der Waals surface area contributed by atoms with Crippen LogP contribution in [0.2, 0.25) is 0 Å². The minimum Gasteiger partial charge on any atom is -0.354 e. The lowest BCUT2D eigenvalue weighted by molar-refractivity contribution is -0.126. The number of amides is 1. The number of nitrogens with one attached hydrogen (secondary N) is 1. The van der Waals surface area contributed by atoms with E-state index in [1.54, 1.807) is 6.07 Å². The molecule has 1 amide bonds. The standard InChI is InChI=1S/C22H27FN2O/c1-25(17-18-8-3-2-4-9-18)15-14-24-21(26)22(12-5-6-13-22)19-10-7-11-20(23)16-19/h2-4,7-11,16H,5-6,12-15,17H2,1H3,(H,24,26). The molecule has 138 valence electrons. The lowest BCUT2D eigenvalue weighted by atomic mass is 9.78. The Balaban J connectivity index is 1.57. The van der Waals surface area contributed by atoms with Gasteiger partial charge >= 0.3 is 0 Å². The molecule has 3 rings (SSSR count). The van der Waals surface area contributed by atoms with Crippen LogP contribution < -0.4 is 5.32 Å². The van der Waals surface area contributed by atoms with Gasteiger partial charge in [-0.05, 0) is 43.1 Å². The van der Waals surface area contributed by atoms with E-state index >= 15 is 0 Å². The Hall–Kier alpha value is -2.20. The molecule has 0 unspecified atom stereocenters. The molecule has 0 atom stereocenters. The number of carbonyl (C=O) groups is 1. The molecule has 0 aromatic heterocycles. The third-order valence-corrected chi connectivity index (χ3v) is 5.34. The molecule has 0 saturated heterocycles. The van der Waals surface area contributed by atoms with Crippen LogP contribution in [0.1, 0.15) is 36.8 Å². The van der Waals surface area contributed by atoms with E-state index in [0.29, 0.717) is 6.54 Å². The Labute approximate surface area is 155 Å². The molecule has 2 aromatic carbocycles. The maximum atomic E-state index is 13.7. The molecule has 3 nitrogen and oxygen atoms in total. The van der Waals surface area contributed by atoms with Gasteiger partial charge in [-0.1, -0.05) is 55.3 Å². The second-order valence-electron chi connectivity index (χ2n) is 7.28. The summed E-state index contributed by atoms with van der Waals surface area (Å²) in [4.78, 5) is 15.2. The van der Waals surface area contributed by atoms with Crippen LogP contribution in [0.25, 0.3) is 0 Å². The van der Waals surface area contributed by atoms with E-state index in [1.165, 1.54) is 17.7 Å². The molecule has 0 spiro atoms. The lowest BCUT2D eigenvalue weighted by Gasteiger charge is -2.29. The molecule has 1 fully saturated rings. The third kappa shape index (κ3) is 4.31. The zero-order valence-electron chi connectivity index (χ0n) is 15.4. The highest BCUT2D eigenvalue weighted by Gasteiger charge is 2.42. The molecule has 0 aliphatic heterocycles. The summed E-state index contributed by atoms with van der Waals surface area (Å²) in [5.74, 6) is -0.238. The first-order chi connectivity index (χ1) is 12.6. The summed E-state index contributed by atoms with van der Waals surface area (Å²) in [6.45, 7) is 2.23. The van der Waals surface area contributed by atoms with Gasteiger partial charge in [-0.3, -0.25) is 4.79 Å². The summed E-state index contributed by atoms with van der Waals surface area (Å²) >= 11 is 0. The zero-order valence-corrected chi connectivity index (χ0v) is 15.4. The van der Waals surface area contributed by atoms with Gasteiger partial charge in [-0.2, -0.15) is 0 Å². The second kappa shape index (κ2) is 8.45. The van der Waals surface area contributed by atoms with Crippen molar-refractivity contribution in [3.8, 4) is 0 Å². The molecule has 26 heavy (non-hydrogen) atoms. The first-order valence-corrected chi connectivity index (χ1v) is 9.37. The van der Waals surface area contributed by atoms with Gasteiger partial charge in [0.1, 0.15) is 5.82 Å². The van der Waals surface area contributed by atoms with Gasteiger partial charge in [0.15, 0.2) is 0 Å². The first kappa shape index (κ1) is 18.6. The lowest BCUT2D eigenvalue weighted by Crippen LogP contribution is -2.44. The van der Waals surface area contributed by atoms with E-state index in [1.807, 2.05) is 24.3 Å². The Bertz CT molecular complexity index is 726. The highest BCUT2D eigenvalue weighted by Crippen LogP contribution is 2.41. The fourth-order valence-corrected chi connectivity index (χ4v) is 3.92. The molecule has 1 aliphatic carbocycles. The van der Waals surface area contributed by atoms with Crippen molar-refractivity contribution >= 4 is 5.91 Å². The molecule has 0 radical (unpaired) electrons. The van der Waals surface area contributed by atoms with E-state index in [9.17, 15) is 9.18 Å². The van der Waals surface area contributed by atoms with Crippen LogP contribution in [0.5, 0.6) is 0 Å². The van der Waals surface area contributed by atoms with E-state index in [2.05, 4.69) is 29.4 Å². The van der Waals surface area contributed by atoms with Gasteiger partial charge in [0.05, 0.1) is 5.41 Å². The fourth-order valence-electron chi connectivity index (χ4n) is 3.92. The van der Waals surface area contributed by atoms with E-state index in [4.69, 9.17) is 0 Å². The van der Waals surface area contributed by atoms with Crippen LogP contribution in [0, 0.1) is 5.82 Å². The topological polar surface area (TPSA) is 32.3 Å². The van der Waals surface area contributed by atoms with Crippen molar-refractivity contribution in [2.24, 2.45) is 0 Å². The highest BCUT2D eigenvalue weighted by molar-refractivity contribution is 5.88. The van der Waals surface area contributed by atoms with Crippen molar-refractivity contribution in [1.29, 1.82) is 0 Å². The molecule has 1 aliphatic rings. The van der Waals surface area contributed by atoms with Crippen molar-refractivity contribution < 1.29 is 9.18 Å². The molecular formula is C22H27FN2O. The minimum absolute atomic E-state index is 0.0358. The van der Waals surface area contributed by atoms with Gasteiger partial charge in [-0.15, -0.1) is 0 Å². The maximum absolute atomic E-state index is 13.7. The maximum Gasteiger partial charge on any atom is 0.230 e. The normalized spacial score (nSPS) is 16.0. The second-order valence-corrected chi connectivity index (χ2v) is 7.28. The van der Waals surface area contributed by atoms with Gasteiger partial charge in [0.2, 0.25) is 5.91 Å². The fraction of sp³-hybridized carbons (Fsp3) is 0.409. The zero-order chi connectivity index (χ0) is 18.4. The number of nitrogens with zero attached hydrogens (tertiary/aromatic N) is 1. The van der Waals surface area contributed by atoms with Crippen LogP contribution in [0.4, 0.5) is 4.39 Å². The largest absolute Gasteiger partial charge is 0.354 e. The molecule has 4 heteroatoms. The number of likely N-dealkylation sites (N-methyl/N-ethyl adjacent to an activating group) is 1. The van der Waals surface area contributed by atoms with Gasteiger partial charge < -0.3 is 10.2 Å². The number of benzene rings is 2. The summed E-state index contributed by atoms with van der Waals surface area (Å²) in [5.41, 5.74) is 1.50. The molecule has 1 saturated carbocycles. The Morgan fingerprint density at radius 2 is 1.85 bits per heavy atom. The predicted molar refractivity (Wildman–Crippen MR) is 102 cm³/mol. The summed E-state index contributed by atoms with van der Waals surface area (Å²) in [7, 11) is 2.05. The summed E-state index contributed by atoms with van der Waals surface area (Å²) in [6.07, 6.45) is 3.61. The number of carbonyl (C=O) groups excluding carboxylic acids is 1. The molecule has 2 aromatic rings. The van der Waals surface area contributed by atoms with Crippen molar-refractivity contribution in [3.63, 3.8) is 0 Å². The third-order valence-electron chi connectivity index (χ3n) is 5.34. The highest BCUT2D eigenvalue weighted by atomic mass is 19.1. The Morgan fingerprint density at radius 1 is 1.12 bits per heavy atom. The summed E-state index contributed by atoms with van der Waals surface area (Å²) < 4.78 is 13.7. The summed E-state index contributed by atoms with van der Waals surface area (Å²) in [5, 5.41) is 3.10. The number of rotatable bonds is 7. The van der Waals surface area contributed by atoms with E-state index < -0.39 is 5.41 Å². The number of hydrogen-bond acceptors (Lipinski definition) is 2. The van der Waals surface area contributed by atoms with Crippen LogP contribution in [0.15, 0.2) is 54.6 Å². The Morgan fingerprint density at radius 3 is 2.54 bits per heavy atom. The van der Waals surface area contributed by atoms with E-state index in [-0.39, 0.29) is 11.7 Å². The molecule has 1 N–H and O–H groups in total. The molecule has 0 heterocycles. The van der Waals surface area contributed by atoms with Crippen LogP contribution in [0.3, 0.4) is 0 Å². The molecule has 0 bridgehead atoms. The van der Waals surface area contributed by atoms with Crippen LogP contribution >= 0.6 is 0 Å². The predicted octanol–water partition coefficient (Wildman–Crippen LogP) is 3.89. The van der Waals surface area contributed by atoms with Gasteiger partial charge in [0, 0.05) is 19.6 Å². The monoisotopic (exact) mass is 354 g/mol. The van der Waals surface area contributed by atoms with Crippen molar-refractivity contribution in [2.75, 3.05) is 20.1 Å². The minimum atomic E-state index is -0.569. The average Bonchev–Trinajstić information content (AvgIpc) is 3.13.